The average molecular weight is 385 g/mol. The highest BCUT2D eigenvalue weighted by Gasteiger charge is 2.21. The number of carbonyl (C=O) groups is 2. The van der Waals surface area contributed by atoms with Crippen LogP contribution in [0.2, 0.25) is 0 Å². The van der Waals surface area contributed by atoms with Gasteiger partial charge in [0.1, 0.15) is 5.75 Å². The maximum Gasteiger partial charge on any atom is 0.305 e. The molecule has 2 aromatic carbocycles. The summed E-state index contributed by atoms with van der Waals surface area (Å²) in [6, 6.07) is 10.1. The lowest BCUT2D eigenvalue weighted by molar-refractivity contribution is -0.137. The van der Waals surface area contributed by atoms with E-state index in [1.165, 1.54) is 14.2 Å². The predicted octanol–water partition coefficient (Wildman–Crippen LogP) is 2.51. The second-order valence-corrected chi connectivity index (χ2v) is 6.55. The number of amides is 1. The minimum Gasteiger partial charge on any atom is -0.493 e. The molecule has 0 saturated heterocycles. The zero-order valence-corrected chi connectivity index (χ0v) is 15.9. The molecule has 0 aliphatic carbocycles. The van der Waals surface area contributed by atoms with Crippen LogP contribution in [0.15, 0.2) is 36.4 Å². The van der Waals surface area contributed by atoms with Crippen molar-refractivity contribution in [3.8, 4) is 17.2 Å². The van der Waals surface area contributed by atoms with Crippen molar-refractivity contribution >= 4 is 11.9 Å². The Morgan fingerprint density at radius 2 is 1.93 bits per heavy atom. The predicted molar refractivity (Wildman–Crippen MR) is 102 cm³/mol. The normalized spacial score (nSPS) is 13.2. The first-order valence-electron chi connectivity index (χ1n) is 8.98. The van der Waals surface area contributed by atoms with E-state index in [1.807, 2.05) is 18.2 Å². The van der Waals surface area contributed by atoms with Crippen LogP contribution in [0.3, 0.4) is 0 Å². The molecule has 1 aliphatic rings. The van der Waals surface area contributed by atoms with Crippen LogP contribution in [-0.2, 0) is 22.4 Å². The Kier molecular flexibility index (Phi) is 6.03. The van der Waals surface area contributed by atoms with Gasteiger partial charge in [-0.3, -0.25) is 9.59 Å². The molecule has 1 amide bonds. The van der Waals surface area contributed by atoms with Gasteiger partial charge in [0.25, 0.3) is 0 Å². The van der Waals surface area contributed by atoms with Gasteiger partial charge in [-0.25, -0.2) is 0 Å². The van der Waals surface area contributed by atoms with Gasteiger partial charge in [-0.15, -0.1) is 0 Å². The van der Waals surface area contributed by atoms with Crippen molar-refractivity contribution in [3.05, 3.63) is 53.1 Å². The number of nitrogens with one attached hydrogen (secondary N) is 1. The minimum atomic E-state index is -1.00. The van der Waals surface area contributed by atoms with E-state index in [-0.39, 0.29) is 18.7 Å². The summed E-state index contributed by atoms with van der Waals surface area (Å²) < 4.78 is 16.0. The quantitative estimate of drug-likeness (QED) is 0.725. The van der Waals surface area contributed by atoms with Gasteiger partial charge in [0.15, 0.2) is 11.5 Å². The number of hydrogen-bond donors (Lipinski definition) is 2. The number of benzene rings is 2. The van der Waals surface area contributed by atoms with Crippen molar-refractivity contribution in [1.29, 1.82) is 0 Å². The number of rotatable bonds is 8. The number of carboxylic acids is 1. The monoisotopic (exact) mass is 385 g/mol. The fraction of sp³-hybridized carbons (Fsp3) is 0.333. The molecule has 2 aromatic rings. The first-order chi connectivity index (χ1) is 13.5. The van der Waals surface area contributed by atoms with Crippen LogP contribution in [-0.4, -0.2) is 37.8 Å². The van der Waals surface area contributed by atoms with Gasteiger partial charge < -0.3 is 24.6 Å². The fourth-order valence-corrected chi connectivity index (χ4v) is 3.28. The summed E-state index contributed by atoms with van der Waals surface area (Å²) in [6.45, 7) is 0.658. The third kappa shape index (κ3) is 4.54. The first-order valence-corrected chi connectivity index (χ1v) is 8.98. The molecule has 7 heteroatoms. The molecule has 1 heterocycles. The second-order valence-electron chi connectivity index (χ2n) is 6.55. The van der Waals surface area contributed by atoms with Crippen LogP contribution in [0.25, 0.3) is 0 Å². The largest absolute Gasteiger partial charge is 0.493 e. The zero-order valence-electron chi connectivity index (χ0n) is 15.9. The summed E-state index contributed by atoms with van der Waals surface area (Å²) in [4.78, 5) is 23.9. The lowest BCUT2D eigenvalue weighted by Crippen LogP contribution is -2.31. The maximum absolute atomic E-state index is 12.6. The van der Waals surface area contributed by atoms with Crippen LogP contribution < -0.4 is 19.5 Å². The van der Waals surface area contributed by atoms with E-state index < -0.39 is 12.0 Å². The number of fused-ring (bicyclic) bond motifs is 1. The first kappa shape index (κ1) is 19.5. The molecule has 0 bridgehead atoms. The number of carboxylic acid groups (broad SMARTS) is 1. The molecule has 0 radical (unpaired) electrons. The third-order valence-corrected chi connectivity index (χ3v) is 4.64. The van der Waals surface area contributed by atoms with Crippen molar-refractivity contribution in [2.24, 2.45) is 0 Å². The van der Waals surface area contributed by atoms with Crippen molar-refractivity contribution in [1.82, 2.24) is 5.32 Å². The second kappa shape index (κ2) is 8.65. The summed E-state index contributed by atoms with van der Waals surface area (Å²) in [5, 5.41) is 12.1. The van der Waals surface area contributed by atoms with Gasteiger partial charge >= 0.3 is 5.97 Å². The van der Waals surface area contributed by atoms with Crippen molar-refractivity contribution in [3.63, 3.8) is 0 Å². The minimum absolute atomic E-state index is 0.163. The van der Waals surface area contributed by atoms with Gasteiger partial charge in [0.05, 0.1) is 39.7 Å². The Labute approximate surface area is 163 Å². The molecule has 28 heavy (non-hydrogen) atoms. The number of methoxy groups -OCH3 is 2. The van der Waals surface area contributed by atoms with E-state index in [9.17, 15) is 14.7 Å². The van der Waals surface area contributed by atoms with Gasteiger partial charge in [0.2, 0.25) is 5.91 Å². The smallest absolute Gasteiger partial charge is 0.305 e. The molecule has 2 N–H and O–H groups in total. The molecular formula is C21H23NO6. The molecular weight excluding hydrogens is 362 g/mol. The lowest BCUT2D eigenvalue weighted by atomic mass is 10.0. The number of hydrogen-bond acceptors (Lipinski definition) is 5. The topological polar surface area (TPSA) is 94.1 Å². The fourth-order valence-electron chi connectivity index (χ4n) is 3.28. The molecule has 0 fully saturated rings. The SMILES string of the molecule is COc1ccc(C(CC(=O)O)NC(=O)Cc2ccc3c(c2)CCO3)cc1OC. The van der Waals surface area contributed by atoms with Crippen LogP contribution in [0.1, 0.15) is 29.2 Å². The molecule has 0 saturated carbocycles. The molecule has 7 nitrogen and oxygen atoms in total. The van der Waals surface area contributed by atoms with Crippen LogP contribution >= 0.6 is 0 Å². The van der Waals surface area contributed by atoms with Gasteiger partial charge in [-0.05, 0) is 34.9 Å². The Morgan fingerprint density at radius 1 is 1.14 bits per heavy atom. The summed E-state index contributed by atoms with van der Waals surface area (Å²) in [6.07, 6.45) is 0.758. The summed E-state index contributed by atoms with van der Waals surface area (Å²) in [5.41, 5.74) is 2.59. The van der Waals surface area contributed by atoms with E-state index in [2.05, 4.69) is 5.32 Å². The third-order valence-electron chi connectivity index (χ3n) is 4.64. The van der Waals surface area contributed by atoms with E-state index in [0.717, 1.165) is 23.3 Å². The van der Waals surface area contributed by atoms with E-state index in [0.29, 0.717) is 23.7 Å². The van der Waals surface area contributed by atoms with E-state index >= 15 is 0 Å². The van der Waals surface area contributed by atoms with Crippen molar-refractivity contribution < 1.29 is 28.9 Å². The molecule has 3 rings (SSSR count). The Bertz CT molecular complexity index is 879. The van der Waals surface area contributed by atoms with Crippen LogP contribution in [0.4, 0.5) is 0 Å². The maximum atomic E-state index is 12.6. The zero-order chi connectivity index (χ0) is 20.1. The highest BCUT2D eigenvalue weighted by molar-refractivity contribution is 5.80. The molecule has 148 valence electrons. The lowest BCUT2D eigenvalue weighted by Gasteiger charge is -2.19. The van der Waals surface area contributed by atoms with E-state index in [4.69, 9.17) is 14.2 Å². The number of carbonyl (C=O) groups excluding carboxylic acids is 1. The number of aliphatic carboxylic acids is 1. The Balaban J connectivity index is 1.75. The summed E-state index contributed by atoms with van der Waals surface area (Å²) >= 11 is 0. The molecule has 1 unspecified atom stereocenters. The van der Waals surface area contributed by atoms with Gasteiger partial charge in [-0.2, -0.15) is 0 Å². The highest BCUT2D eigenvalue weighted by Crippen LogP contribution is 2.31. The standard InChI is InChI=1S/C21H23NO6/c1-26-18-6-4-14(11-19(18)27-2)16(12-21(24)25)22-20(23)10-13-3-5-17-15(9-13)7-8-28-17/h3-6,9,11,16H,7-8,10,12H2,1-2H3,(H,22,23)(H,24,25). The van der Waals surface area contributed by atoms with Crippen LogP contribution in [0.5, 0.6) is 17.2 Å². The van der Waals surface area contributed by atoms with E-state index in [1.54, 1.807) is 18.2 Å². The van der Waals surface area contributed by atoms with Crippen molar-refractivity contribution in [2.45, 2.75) is 25.3 Å². The molecule has 1 atom stereocenters. The molecule has 0 aromatic heterocycles. The average Bonchev–Trinajstić information content (AvgIpc) is 3.14. The Hall–Kier alpha value is -3.22. The summed E-state index contributed by atoms with van der Waals surface area (Å²) in [5.74, 6) is 0.614. The van der Waals surface area contributed by atoms with Crippen molar-refractivity contribution in [2.75, 3.05) is 20.8 Å². The highest BCUT2D eigenvalue weighted by atomic mass is 16.5. The molecule has 0 spiro atoms. The summed E-state index contributed by atoms with van der Waals surface area (Å²) in [7, 11) is 3.03. The Morgan fingerprint density at radius 3 is 2.64 bits per heavy atom. The van der Waals surface area contributed by atoms with Gasteiger partial charge in [-0.1, -0.05) is 18.2 Å². The molecule has 1 aliphatic heterocycles. The number of ether oxygens (including phenoxy) is 3. The van der Waals surface area contributed by atoms with Crippen LogP contribution in [0, 0.1) is 0 Å². The van der Waals surface area contributed by atoms with Gasteiger partial charge in [0, 0.05) is 6.42 Å².